The Hall–Kier alpha value is -1.35. The van der Waals surface area contributed by atoms with Gasteiger partial charge >= 0.3 is 5.97 Å². The van der Waals surface area contributed by atoms with Gasteiger partial charge in [-0.15, -0.1) is 0 Å². The molecule has 3 nitrogen and oxygen atoms in total. The maximum atomic E-state index is 12.6. The summed E-state index contributed by atoms with van der Waals surface area (Å²) in [6.07, 6.45) is 5.49. The van der Waals surface area contributed by atoms with E-state index in [1.807, 2.05) is 25.1 Å². The molecule has 0 aliphatic rings. The third kappa shape index (κ3) is 5.88. The Morgan fingerprint density at radius 3 is 2.05 bits per heavy atom. The lowest BCUT2D eigenvalue weighted by Gasteiger charge is -2.31. The second kappa shape index (κ2) is 10.4. The van der Waals surface area contributed by atoms with Crippen LogP contribution in [0.2, 0.25) is 0 Å². The fourth-order valence-electron chi connectivity index (χ4n) is 2.87. The molecule has 0 bridgehead atoms. The van der Waals surface area contributed by atoms with Crippen molar-refractivity contribution >= 4 is 5.97 Å². The molecule has 1 rings (SSSR count). The van der Waals surface area contributed by atoms with Crippen molar-refractivity contribution in [3.8, 4) is 0 Å². The standard InChI is InChI=1S/C18H28O2.H3N/c1-4-12-18(13-5-2,17(19)20-14-6-3)15-16-10-8-7-9-11-16;/h7-11H,4-6,12-15H2,1-3H3;1H3. The van der Waals surface area contributed by atoms with Crippen LogP contribution in [0.4, 0.5) is 0 Å². The van der Waals surface area contributed by atoms with Gasteiger partial charge in [-0.25, -0.2) is 0 Å². The van der Waals surface area contributed by atoms with Crippen LogP contribution >= 0.6 is 0 Å². The van der Waals surface area contributed by atoms with Crippen LogP contribution in [0.1, 0.15) is 58.4 Å². The van der Waals surface area contributed by atoms with E-state index in [4.69, 9.17) is 4.74 Å². The van der Waals surface area contributed by atoms with E-state index in [1.54, 1.807) is 0 Å². The van der Waals surface area contributed by atoms with E-state index in [2.05, 4.69) is 26.0 Å². The fourth-order valence-corrected chi connectivity index (χ4v) is 2.87. The first kappa shape index (κ1) is 19.7. The Kier molecular flexibility index (Phi) is 9.72. The Balaban J connectivity index is 0.00000400. The normalized spacial score (nSPS) is 10.8. The first-order valence-corrected chi connectivity index (χ1v) is 7.89. The molecule has 0 radical (unpaired) electrons. The summed E-state index contributed by atoms with van der Waals surface area (Å²) in [6.45, 7) is 6.85. The summed E-state index contributed by atoms with van der Waals surface area (Å²) >= 11 is 0. The molecular weight excluding hydrogens is 262 g/mol. The van der Waals surface area contributed by atoms with Gasteiger partial charge in [0.1, 0.15) is 0 Å². The Labute approximate surface area is 129 Å². The highest BCUT2D eigenvalue weighted by atomic mass is 16.5. The van der Waals surface area contributed by atoms with Crippen molar-refractivity contribution in [2.75, 3.05) is 6.61 Å². The average Bonchev–Trinajstić information content (AvgIpc) is 2.46. The Bertz CT molecular complexity index is 383. The Morgan fingerprint density at radius 2 is 1.57 bits per heavy atom. The van der Waals surface area contributed by atoms with Gasteiger partial charge in [0.2, 0.25) is 0 Å². The summed E-state index contributed by atoms with van der Waals surface area (Å²) in [7, 11) is 0. The lowest BCUT2D eigenvalue weighted by Crippen LogP contribution is -2.35. The minimum absolute atomic E-state index is 0. The van der Waals surface area contributed by atoms with Crippen molar-refractivity contribution in [3.05, 3.63) is 35.9 Å². The first-order valence-electron chi connectivity index (χ1n) is 7.89. The molecule has 0 spiro atoms. The number of ether oxygens (including phenoxy) is 1. The van der Waals surface area contributed by atoms with E-state index in [0.29, 0.717) is 6.61 Å². The third-order valence-electron chi connectivity index (χ3n) is 3.71. The van der Waals surface area contributed by atoms with Gasteiger partial charge in [-0.2, -0.15) is 0 Å². The molecule has 0 amide bonds. The van der Waals surface area contributed by atoms with Gasteiger partial charge < -0.3 is 10.9 Å². The fraction of sp³-hybridized carbons (Fsp3) is 0.611. The van der Waals surface area contributed by atoms with Gasteiger partial charge in [0.25, 0.3) is 0 Å². The zero-order chi connectivity index (χ0) is 14.8. The maximum Gasteiger partial charge on any atom is 0.312 e. The second-order valence-electron chi connectivity index (χ2n) is 5.58. The average molecular weight is 293 g/mol. The molecule has 0 atom stereocenters. The van der Waals surface area contributed by atoms with Crippen LogP contribution in [0.3, 0.4) is 0 Å². The largest absolute Gasteiger partial charge is 0.465 e. The molecule has 120 valence electrons. The van der Waals surface area contributed by atoms with Gasteiger partial charge in [-0.3, -0.25) is 4.79 Å². The van der Waals surface area contributed by atoms with E-state index in [9.17, 15) is 4.79 Å². The predicted octanol–water partition coefficient (Wildman–Crippen LogP) is 4.93. The number of hydrogen-bond donors (Lipinski definition) is 1. The topological polar surface area (TPSA) is 61.3 Å². The molecule has 0 saturated carbocycles. The number of hydrogen-bond acceptors (Lipinski definition) is 3. The van der Waals surface area contributed by atoms with Gasteiger partial charge in [0, 0.05) is 0 Å². The van der Waals surface area contributed by atoms with Crippen molar-refractivity contribution in [2.45, 2.75) is 59.3 Å². The molecule has 0 unspecified atom stereocenters. The van der Waals surface area contributed by atoms with Gasteiger partial charge in [-0.1, -0.05) is 63.9 Å². The molecule has 1 aromatic carbocycles. The predicted molar refractivity (Wildman–Crippen MR) is 88.7 cm³/mol. The van der Waals surface area contributed by atoms with Gasteiger partial charge in [0.15, 0.2) is 0 Å². The van der Waals surface area contributed by atoms with Crippen molar-refractivity contribution in [1.82, 2.24) is 6.15 Å². The summed E-state index contributed by atoms with van der Waals surface area (Å²) < 4.78 is 5.50. The quantitative estimate of drug-likeness (QED) is 0.656. The lowest BCUT2D eigenvalue weighted by molar-refractivity contribution is -0.157. The molecule has 0 saturated heterocycles. The molecule has 0 heterocycles. The molecule has 1 aromatic rings. The van der Waals surface area contributed by atoms with Crippen LogP contribution in [0, 0.1) is 5.41 Å². The number of carbonyl (C=O) groups excluding carboxylic acids is 1. The molecule has 0 fully saturated rings. The smallest absolute Gasteiger partial charge is 0.312 e. The van der Waals surface area contributed by atoms with Crippen molar-refractivity contribution in [1.29, 1.82) is 0 Å². The van der Waals surface area contributed by atoms with E-state index in [-0.39, 0.29) is 17.5 Å². The van der Waals surface area contributed by atoms with Gasteiger partial charge in [0.05, 0.1) is 12.0 Å². The van der Waals surface area contributed by atoms with E-state index >= 15 is 0 Å². The number of rotatable bonds is 9. The summed E-state index contributed by atoms with van der Waals surface area (Å²) in [6, 6.07) is 10.3. The molecule has 0 aliphatic heterocycles. The zero-order valence-corrected chi connectivity index (χ0v) is 13.9. The van der Waals surface area contributed by atoms with E-state index in [0.717, 1.165) is 38.5 Å². The second-order valence-corrected chi connectivity index (χ2v) is 5.58. The molecule has 0 aliphatic carbocycles. The summed E-state index contributed by atoms with van der Waals surface area (Å²) in [5.74, 6) is -0.00750. The van der Waals surface area contributed by atoms with Crippen molar-refractivity contribution < 1.29 is 9.53 Å². The highest BCUT2D eigenvalue weighted by Gasteiger charge is 2.38. The van der Waals surface area contributed by atoms with E-state index in [1.165, 1.54) is 5.56 Å². The van der Waals surface area contributed by atoms with E-state index < -0.39 is 0 Å². The lowest BCUT2D eigenvalue weighted by atomic mass is 9.74. The monoisotopic (exact) mass is 293 g/mol. The zero-order valence-electron chi connectivity index (χ0n) is 13.9. The first-order chi connectivity index (χ1) is 9.68. The SMILES string of the molecule is CCCOC(=O)C(CCC)(CCC)Cc1ccccc1.N. The summed E-state index contributed by atoms with van der Waals surface area (Å²) in [5, 5.41) is 0. The molecule has 3 N–H and O–H groups in total. The minimum Gasteiger partial charge on any atom is -0.465 e. The summed E-state index contributed by atoms with van der Waals surface area (Å²) in [4.78, 5) is 12.6. The van der Waals surface area contributed by atoms with Crippen LogP contribution < -0.4 is 6.15 Å². The van der Waals surface area contributed by atoms with Crippen molar-refractivity contribution in [2.24, 2.45) is 5.41 Å². The van der Waals surface area contributed by atoms with Crippen LogP contribution in [0.15, 0.2) is 30.3 Å². The number of benzene rings is 1. The highest BCUT2D eigenvalue weighted by molar-refractivity contribution is 5.77. The maximum absolute atomic E-state index is 12.6. The van der Waals surface area contributed by atoms with Crippen LogP contribution in [-0.2, 0) is 16.0 Å². The van der Waals surface area contributed by atoms with Crippen LogP contribution in [0.5, 0.6) is 0 Å². The molecule has 21 heavy (non-hydrogen) atoms. The summed E-state index contributed by atoms with van der Waals surface area (Å²) in [5.41, 5.74) is 0.878. The van der Waals surface area contributed by atoms with Crippen molar-refractivity contribution in [3.63, 3.8) is 0 Å². The number of carbonyl (C=O) groups is 1. The van der Waals surface area contributed by atoms with Crippen LogP contribution in [0.25, 0.3) is 0 Å². The molecular formula is C18H31NO2. The molecule has 0 aromatic heterocycles. The number of esters is 1. The van der Waals surface area contributed by atoms with Crippen LogP contribution in [-0.4, -0.2) is 12.6 Å². The highest BCUT2D eigenvalue weighted by Crippen LogP contribution is 2.35. The third-order valence-corrected chi connectivity index (χ3v) is 3.71. The molecule has 3 heteroatoms. The van der Waals surface area contributed by atoms with Gasteiger partial charge in [-0.05, 0) is 31.2 Å². The minimum atomic E-state index is -0.347. The Morgan fingerprint density at radius 1 is 1.00 bits per heavy atom.